The van der Waals surface area contributed by atoms with Crippen molar-refractivity contribution >= 4 is 23.2 Å². The van der Waals surface area contributed by atoms with Gasteiger partial charge in [0.25, 0.3) is 0 Å². The Morgan fingerprint density at radius 3 is 1.16 bits per heavy atom. The van der Waals surface area contributed by atoms with Gasteiger partial charge in [0.05, 0.1) is 0 Å². The molecule has 9 heteroatoms. The van der Waals surface area contributed by atoms with Crippen molar-refractivity contribution in [2.75, 3.05) is 10.6 Å². The predicted octanol–water partition coefficient (Wildman–Crippen LogP) is 9.09. The van der Waals surface area contributed by atoms with Gasteiger partial charge in [-0.2, -0.15) is 36.4 Å². The van der Waals surface area contributed by atoms with Crippen molar-refractivity contribution in [2.24, 2.45) is 10.8 Å². The molecule has 0 aliphatic rings. The number of benzene rings is 2. The smallest absolute Gasteiger partial charge is 0.376 e. The monoisotopic (exact) mass is 630 g/mol. The van der Waals surface area contributed by atoms with Crippen LogP contribution in [0.1, 0.15) is 54.4 Å². The first kappa shape index (κ1) is 39.5. The van der Waals surface area contributed by atoms with Crippen LogP contribution < -0.4 is 10.6 Å². The number of hydrogen-bond donors (Lipinski definition) is 2. The van der Waals surface area contributed by atoms with E-state index in [1.165, 1.54) is 12.1 Å². The number of anilines is 2. The molecule has 0 heterocycles. The van der Waals surface area contributed by atoms with Crippen molar-refractivity contribution in [1.82, 2.24) is 0 Å². The molecule has 43 heavy (non-hydrogen) atoms. The van der Waals surface area contributed by atoms with Crippen LogP contribution in [0.15, 0.2) is 84.9 Å². The van der Waals surface area contributed by atoms with Gasteiger partial charge in [-0.1, -0.05) is 41.5 Å². The molecule has 0 aliphatic carbocycles. The summed E-state index contributed by atoms with van der Waals surface area (Å²) in [5.74, 6) is -3.95. The van der Waals surface area contributed by atoms with E-state index in [1.54, 1.807) is 27.7 Å². The Hall–Kier alpha value is -3.49. The average molecular weight is 631 g/mol. The first-order valence-electron chi connectivity index (χ1n) is 13.4. The molecule has 0 atom stereocenters. The molecule has 0 fully saturated rings. The number of amides is 2. The largest absolute Gasteiger partial charge is 4.00 e. The molecule has 228 valence electrons. The Morgan fingerprint density at radius 1 is 0.651 bits per heavy atom. The van der Waals surface area contributed by atoms with E-state index in [9.17, 15) is 27.2 Å². The molecule has 0 saturated heterocycles. The van der Waals surface area contributed by atoms with Gasteiger partial charge in [0, 0.05) is 34.1 Å². The molecule has 0 saturated carbocycles. The van der Waals surface area contributed by atoms with E-state index in [2.05, 4.69) is 10.6 Å². The number of carbonyl (C=O) groups is 2. The quantitative estimate of drug-likeness (QED) is 0.127. The fraction of sp³-hybridized carbons (Fsp3) is 0.294. The molecular formula is C34H38F4N2O2Ti. The molecule has 0 radical (unpaired) electrons. The van der Waals surface area contributed by atoms with E-state index in [1.807, 2.05) is 86.6 Å². The molecule has 0 bridgehead atoms. The summed E-state index contributed by atoms with van der Waals surface area (Å²) in [5, 5.41) is 4.83. The van der Waals surface area contributed by atoms with Crippen LogP contribution >= 0.6 is 0 Å². The minimum Gasteiger partial charge on any atom is -0.376 e. The van der Waals surface area contributed by atoms with Crippen LogP contribution in [0.4, 0.5) is 28.9 Å². The predicted molar refractivity (Wildman–Crippen MR) is 160 cm³/mol. The molecule has 0 unspecified atom stereocenters. The van der Waals surface area contributed by atoms with Gasteiger partial charge in [-0.15, -0.1) is 36.4 Å². The third-order valence-corrected chi connectivity index (χ3v) is 6.33. The van der Waals surface area contributed by atoms with Gasteiger partial charge in [0.15, 0.2) is 0 Å². The van der Waals surface area contributed by atoms with Crippen LogP contribution in [0.3, 0.4) is 0 Å². The summed E-state index contributed by atoms with van der Waals surface area (Å²) in [6.45, 7) is 10.8. The first-order valence-corrected chi connectivity index (χ1v) is 13.4. The van der Waals surface area contributed by atoms with E-state index in [-0.39, 0.29) is 44.9 Å². The Morgan fingerprint density at radius 2 is 0.953 bits per heavy atom. The summed E-state index contributed by atoms with van der Waals surface area (Å²) in [7, 11) is 0. The van der Waals surface area contributed by atoms with Gasteiger partial charge in [0.2, 0.25) is 11.8 Å². The SMILES string of the molecule is CCC(C)(C)C(=O)Nc1ccc(F)[c-]c1F.CCC(C)(C)C(=O)Nc1ccc(F)[c-]c1F.[Ti+4].c1cc[cH-]c1.c1cc[cH-]c1. The van der Waals surface area contributed by atoms with Crippen molar-refractivity contribution < 1.29 is 48.9 Å². The maximum atomic E-state index is 13.2. The number of carbonyl (C=O) groups excluding carboxylic acids is 2. The summed E-state index contributed by atoms with van der Waals surface area (Å²) in [4.78, 5) is 23.4. The normalized spacial score (nSPS) is 10.3. The average Bonchev–Trinajstić information content (AvgIpc) is 3.72. The Labute approximate surface area is 267 Å². The maximum Gasteiger partial charge on any atom is 4.00 e. The molecule has 2 amide bonds. The molecule has 4 aromatic carbocycles. The number of halogens is 4. The Balaban J connectivity index is 0.000000608. The summed E-state index contributed by atoms with van der Waals surface area (Å²) in [5.41, 5.74) is -1.26. The van der Waals surface area contributed by atoms with E-state index < -0.39 is 34.1 Å². The van der Waals surface area contributed by atoms with E-state index in [4.69, 9.17) is 0 Å². The van der Waals surface area contributed by atoms with Crippen molar-refractivity contribution in [3.63, 3.8) is 0 Å². The molecular weight excluding hydrogens is 592 g/mol. The van der Waals surface area contributed by atoms with Crippen molar-refractivity contribution in [3.05, 3.63) is 120 Å². The molecule has 0 aliphatic heterocycles. The van der Waals surface area contributed by atoms with E-state index >= 15 is 0 Å². The molecule has 4 nitrogen and oxygen atoms in total. The zero-order valence-corrected chi connectivity index (χ0v) is 26.9. The van der Waals surface area contributed by atoms with Gasteiger partial charge in [-0.25, -0.2) is 41.8 Å². The van der Waals surface area contributed by atoms with E-state index in [0.29, 0.717) is 12.8 Å². The van der Waals surface area contributed by atoms with Crippen LogP contribution in [0.2, 0.25) is 0 Å². The summed E-state index contributed by atoms with van der Waals surface area (Å²) in [6, 6.07) is 28.2. The van der Waals surface area contributed by atoms with Crippen LogP contribution in [0.5, 0.6) is 0 Å². The summed E-state index contributed by atoms with van der Waals surface area (Å²) < 4.78 is 51.5. The van der Waals surface area contributed by atoms with Gasteiger partial charge in [-0.3, -0.25) is 9.59 Å². The molecule has 2 N–H and O–H groups in total. The minimum atomic E-state index is -0.889. The van der Waals surface area contributed by atoms with Crippen molar-refractivity contribution in [3.8, 4) is 0 Å². The summed E-state index contributed by atoms with van der Waals surface area (Å²) in [6.07, 6.45) is 1.26. The second-order valence-corrected chi connectivity index (χ2v) is 10.4. The van der Waals surface area contributed by atoms with Crippen molar-refractivity contribution in [1.29, 1.82) is 0 Å². The van der Waals surface area contributed by atoms with Crippen LogP contribution in [-0.4, -0.2) is 11.8 Å². The zero-order chi connectivity index (χ0) is 31.8. The van der Waals surface area contributed by atoms with Gasteiger partial charge in [-0.05, 0) is 24.2 Å². The first-order chi connectivity index (χ1) is 19.7. The third kappa shape index (κ3) is 15.0. The molecule has 4 rings (SSSR count). The van der Waals surface area contributed by atoms with Gasteiger partial charge >= 0.3 is 21.7 Å². The second-order valence-electron chi connectivity index (χ2n) is 10.4. The fourth-order valence-corrected chi connectivity index (χ4v) is 2.63. The number of rotatable bonds is 6. The second kappa shape index (κ2) is 19.7. The van der Waals surface area contributed by atoms with Crippen LogP contribution in [0, 0.1) is 46.2 Å². The Kier molecular flexibility index (Phi) is 18.1. The molecule has 4 aromatic rings. The standard InChI is InChI=1S/2C12H14F2NO.2C5H5.Ti/c2*1-4-12(2,3)11(16)15-10-6-5-8(13)7-9(10)14;2*1-2-4-5-3-1;/h2*5-6H,4H2,1-3H3,(H,15,16);2*1-5H;/q4*-1;+4. The third-order valence-electron chi connectivity index (χ3n) is 6.33. The molecule has 0 spiro atoms. The summed E-state index contributed by atoms with van der Waals surface area (Å²) >= 11 is 0. The zero-order valence-electron chi connectivity index (χ0n) is 25.3. The van der Waals surface area contributed by atoms with Crippen LogP contribution in [0.25, 0.3) is 0 Å². The Bertz CT molecular complexity index is 1200. The topological polar surface area (TPSA) is 58.2 Å². The fourth-order valence-electron chi connectivity index (χ4n) is 2.63. The van der Waals surface area contributed by atoms with Gasteiger partial charge in [0.1, 0.15) is 0 Å². The number of nitrogens with one attached hydrogen (secondary N) is 2. The number of hydrogen-bond acceptors (Lipinski definition) is 2. The minimum absolute atomic E-state index is 0. The van der Waals surface area contributed by atoms with Gasteiger partial charge < -0.3 is 10.6 Å². The van der Waals surface area contributed by atoms with Crippen molar-refractivity contribution in [2.45, 2.75) is 54.4 Å². The van der Waals surface area contributed by atoms with E-state index in [0.717, 1.165) is 12.1 Å². The molecule has 0 aromatic heterocycles. The van der Waals surface area contributed by atoms with Crippen LogP contribution in [-0.2, 0) is 31.3 Å². The maximum absolute atomic E-state index is 13.2.